The molecule has 2 aliphatic heterocycles. The Morgan fingerprint density at radius 2 is 1.95 bits per heavy atom. The molecule has 0 amide bonds. The monoisotopic (exact) mass is 290 g/mol. The summed E-state index contributed by atoms with van der Waals surface area (Å²) in [5, 5.41) is 10.3. The highest BCUT2D eigenvalue weighted by Gasteiger charge is 2.66. The van der Waals surface area contributed by atoms with Gasteiger partial charge in [0.1, 0.15) is 12.7 Å². The minimum Gasteiger partial charge on any atom is -0.458 e. The highest BCUT2D eigenvalue weighted by molar-refractivity contribution is 5.87. The van der Waals surface area contributed by atoms with Crippen LogP contribution in [0.4, 0.5) is 0 Å². The molecular weight excluding hydrogens is 272 g/mol. The molecule has 0 aromatic rings. The number of fused-ring (bicyclic) bond motifs is 2. The average Bonchev–Trinajstić information content (AvgIpc) is 2.62. The number of carbonyl (C=O) groups is 2. The number of esters is 2. The second kappa shape index (κ2) is 3.77. The van der Waals surface area contributed by atoms with Crippen molar-refractivity contribution in [1.82, 2.24) is 0 Å². The van der Waals surface area contributed by atoms with Crippen LogP contribution in [0.2, 0.25) is 0 Å². The number of cyclic esters (lactones) is 1. The van der Waals surface area contributed by atoms with Crippen molar-refractivity contribution in [3.8, 4) is 0 Å². The van der Waals surface area contributed by atoms with E-state index in [-0.39, 0.29) is 30.6 Å². The smallest absolute Gasteiger partial charge is 0.331 e. The van der Waals surface area contributed by atoms with Gasteiger partial charge in [0.05, 0.1) is 11.5 Å². The van der Waals surface area contributed by atoms with Gasteiger partial charge in [0.2, 0.25) is 0 Å². The van der Waals surface area contributed by atoms with Gasteiger partial charge in [-0.2, -0.15) is 0 Å². The lowest BCUT2D eigenvalue weighted by molar-refractivity contribution is -0.150. The minimum atomic E-state index is -0.693. The summed E-state index contributed by atoms with van der Waals surface area (Å²) >= 11 is 0. The maximum Gasteiger partial charge on any atom is 0.331 e. The normalized spacial score (nSPS) is 47.7. The van der Waals surface area contributed by atoms with Crippen LogP contribution in [0.15, 0.2) is 23.3 Å². The van der Waals surface area contributed by atoms with Crippen molar-refractivity contribution >= 4 is 11.9 Å². The molecule has 1 saturated heterocycles. The van der Waals surface area contributed by atoms with Crippen LogP contribution in [0.3, 0.4) is 0 Å². The first-order valence-corrected chi connectivity index (χ1v) is 7.34. The Labute approximate surface area is 122 Å². The zero-order chi connectivity index (χ0) is 15.0. The van der Waals surface area contributed by atoms with Crippen molar-refractivity contribution in [1.29, 1.82) is 0 Å². The fourth-order valence-electron chi connectivity index (χ4n) is 5.02. The molecule has 5 heteroatoms. The summed E-state index contributed by atoms with van der Waals surface area (Å²) in [6.07, 6.45) is 3.54. The quantitative estimate of drug-likeness (QED) is 0.677. The fourth-order valence-corrected chi connectivity index (χ4v) is 5.02. The van der Waals surface area contributed by atoms with Crippen LogP contribution in [-0.2, 0) is 19.1 Å². The molecule has 2 fully saturated rings. The lowest BCUT2D eigenvalue weighted by Crippen LogP contribution is -2.54. The van der Waals surface area contributed by atoms with Crippen molar-refractivity contribution in [2.75, 3.05) is 6.61 Å². The lowest BCUT2D eigenvalue weighted by Gasteiger charge is -2.53. The predicted molar refractivity (Wildman–Crippen MR) is 71.9 cm³/mol. The van der Waals surface area contributed by atoms with Crippen molar-refractivity contribution in [3.05, 3.63) is 23.3 Å². The molecule has 0 bridgehead atoms. The highest BCUT2D eigenvalue weighted by atomic mass is 16.6. The third kappa shape index (κ3) is 1.50. The Hall–Kier alpha value is -1.62. The lowest BCUT2D eigenvalue weighted by atomic mass is 9.49. The van der Waals surface area contributed by atoms with E-state index in [4.69, 9.17) is 9.47 Å². The van der Waals surface area contributed by atoms with E-state index >= 15 is 0 Å². The average molecular weight is 290 g/mol. The van der Waals surface area contributed by atoms with Gasteiger partial charge in [-0.25, -0.2) is 4.79 Å². The van der Waals surface area contributed by atoms with Gasteiger partial charge in [-0.1, -0.05) is 6.92 Å². The van der Waals surface area contributed by atoms with E-state index in [1.54, 1.807) is 0 Å². The molecule has 1 N–H and O–H groups in total. The molecule has 5 atom stereocenters. The number of carbonyl (C=O) groups excluding carboxylic acids is 2. The van der Waals surface area contributed by atoms with E-state index < -0.39 is 16.9 Å². The van der Waals surface area contributed by atoms with Crippen LogP contribution < -0.4 is 0 Å². The summed E-state index contributed by atoms with van der Waals surface area (Å²) in [5.74, 6) is -0.638. The zero-order valence-corrected chi connectivity index (χ0v) is 12.1. The topological polar surface area (TPSA) is 72.8 Å². The molecule has 0 aromatic carbocycles. The molecule has 0 unspecified atom stereocenters. The summed E-state index contributed by atoms with van der Waals surface area (Å²) in [6, 6.07) is 0. The molecule has 0 aromatic heterocycles. The van der Waals surface area contributed by atoms with E-state index in [0.29, 0.717) is 12.8 Å². The van der Waals surface area contributed by atoms with Crippen LogP contribution in [0.1, 0.15) is 26.7 Å². The first-order chi connectivity index (χ1) is 9.84. The molecule has 4 rings (SSSR count). The number of rotatable bonds is 0. The number of hydrogen-bond acceptors (Lipinski definition) is 5. The van der Waals surface area contributed by atoms with E-state index in [1.165, 1.54) is 6.08 Å². The first-order valence-electron chi connectivity index (χ1n) is 7.34. The number of hydrogen-bond donors (Lipinski definition) is 1. The standard InChI is InChI=1S/C16H18O5/c1-15-5-9(17)6-16(2)13(15)11(21-14(16)19)3-8-7-20-12(18)4-10(8)15/h3-4,9,11,13,17H,5-7H2,1-2H3/t9-,11-,13+,15-,16+/m1/s1. The first kappa shape index (κ1) is 13.1. The van der Waals surface area contributed by atoms with Gasteiger partial charge in [0.15, 0.2) is 0 Å². The van der Waals surface area contributed by atoms with Gasteiger partial charge in [-0.05, 0) is 37.0 Å². The summed E-state index contributed by atoms with van der Waals surface area (Å²) in [4.78, 5) is 24.0. The third-order valence-corrected chi connectivity index (χ3v) is 5.69. The fraction of sp³-hybridized carbons (Fsp3) is 0.625. The number of aliphatic hydroxyl groups excluding tert-OH is 1. The SMILES string of the molecule is C[C@@]12C[C@H](O)C[C@]3(C)C4=CC(=O)OCC4=C[C@@H](OC1=O)[C@H]23. The molecule has 4 aliphatic rings. The second-order valence-electron chi connectivity index (χ2n) is 7.10. The van der Waals surface area contributed by atoms with Crippen LogP contribution in [0.5, 0.6) is 0 Å². The maximum absolute atomic E-state index is 12.4. The third-order valence-electron chi connectivity index (χ3n) is 5.69. The largest absolute Gasteiger partial charge is 0.458 e. The van der Waals surface area contributed by atoms with Gasteiger partial charge in [-0.15, -0.1) is 0 Å². The Morgan fingerprint density at radius 1 is 1.24 bits per heavy atom. The summed E-state index contributed by atoms with van der Waals surface area (Å²) < 4.78 is 10.6. The van der Waals surface area contributed by atoms with E-state index in [2.05, 4.69) is 0 Å². The highest BCUT2D eigenvalue weighted by Crippen LogP contribution is 2.63. The summed E-state index contributed by atoms with van der Waals surface area (Å²) in [7, 11) is 0. The van der Waals surface area contributed by atoms with Crippen molar-refractivity contribution in [2.24, 2.45) is 16.7 Å². The molecule has 112 valence electrons. The molecule has 2 heterocycles. The minimum absolute atomic E-state index is 0.0400. The maximum atomic E-state index is 12.4. The molecule has 0 radical (unpaired) electrons. The van der Waals surface area contributed by atoms with E-state index in [9.17, 15) is 14.7 Å². The van der Waals surface area contributed by atoms with Crippen molar-refractivity contribution in [3.63, 3.8) is 0 Å². The van der Waals surface area contributed by atoms with Crippen molar-refractivity contribution < 1.29 is 24.2 Å². The number of ether oxygens (including phenoxy) is 2. The zero-order valence-electron chi connectivity index (χ0n) is 12.1. The van der Waals surface area contributed by atoms with Crippen LogP contribution in [0, 0.1) is 16.7 Å². The summed E-state index contributed by atoms with van der Waals surface area (Å²) in [5.41, 5.74) is 0.682. The van der Waals surface area contributed by atoms with Gasteiger partial charge in [0, 0.05) is 17.4 Å². The van der Waals surface area contributed by atoms with Crippen LogP contribution in [-0.4, -0.2) is 35.9 Å². The molecule has 21 heavy (non-hydrogen) atoms. The van der Waals surface area contributed by atoms with Gasteiger partial charge in [0.25, 0.3) is 0 Å². The Bertz CT molecular complexity index is 618. The Kier molecular flexibility index (Phi) is 2.35. The van der Waals surface area contributed by atoms with Gasteiger partial charge in [-0.3, -0.25) is 4.79 Å². The molecule has 0 spiro atoms. The molecular formula is C16H18O5. The van der Waals surface area contributed by atoms with Gasteiger partial charge < -0.3 is 14.6 Å². The molecule has 2 aliphatic carbocycles. The molecule has 1 saturated carbocycles. The van der Waals surface area contributed by atoms with E-state index in [1.807, 2.05) is 19.9 Å². The number of aliphatic hydroxyl groups is 1. The molecule has 5 nitrogen and oxygen atoms in total. The van der Waals surface area contributed by atoms with Crippen LogP contribution in [0.25, 0.3) is 0 Å². The van der Waals surface area contributed by atoms with Gasteiger partial charge >= 0.3 is 11.9 Å². The Balaban J connectivity index is 1.94. The summed E-state index contributed by atoms with van der Waals surface area (Å²) in [6.45, 7) is 4.12. The van der Waals surface area contributed by atoms with Crippen molar-refractivity contribution in [2.45, 2.75) is 38.9 Å². The Morgan fingerprint density at radius 3 is 2.71 bits per heavy atom. The van der Waals surface area contributed by atoms with Crippen LogP contribution >= 0.6 is 0 Å². The predicted octanol–water partition coefficient (Wildman–Crippen LogP) is 1.12. The van der Waals surface area contributed by atoms with E-state index in [0.717, 1.165) is 11.1 Å². The second-order valence-corrected chi connectivity index (χ2v) is 7.10.